The van der Waals surface area contributed by atoms with Crippen LogP contribution in [0.15, 0.2) is 17.3 Å². The fourth-order valence-corrected chi connectivity index (χ4v) is 1.03. The summed E-state index contributed by atoms with van der Waals surface area (Å²) in [4.78, 5) is 4.13. The van der Waals surface area contributed by atoms with Crippen molar-refractivity contribution in [2.45, 2.75) is 19.8 Å². The first kappa shape index (κ1) is 8.47. The summed E-state index contributed by atoms with van der Waals surface area (Å²) in [7, 11) is 0. The van der Waals surface area contributed by atoms with Crippen LogP contribution in [0.25, 0.3) is 0 Å². The molecule has 0 aliphatic carbocycles. The van der Waals surface area contributed by atoms with Crippen LogP contribution in [-0.2, 0) is 4.74 Å². The van der Waals surface area contributed by atoms with Crippen molar-refractivity contribution in [2.24, 2.45) is 10.9 Å². The highest BCUT2D eigenvalue weighted by molar-refractivity contribution is 5.60. The van der Waals surface area contributed by atoms with Crippen LogP contribution < -0.4 is 0 Å². The van der Waals surface area contributed by atoms with Crippen LogP contribution in [0.3, 0.4) is 0 Å². The van der Waals surface area contributed by atoms with Gasteiger partial charge in [0.25, 0.3) is 0 Å². The lowest BCUT2D eigenvalue weighted by Crippen LogP contribution is -2.01. The SMILES string of the molecule is CC1C=N/C=C\COCCC1. The lowest BCUT2D eigenvalue weighted by molar-refractivity contribution is 0.156. The van der Waals surface area contributed by atoms with Crippen LogP contribution in [0.1, 0.15) is 19.8 Å². The molecule has 1 aliphatic heterocycles. The zero-order valence-electron chi connectivity index (χ0n) is 6.99. The Balaban J connectivity index is 2.38. The molecule has 0 aromatic heterocycles. The van der Waals surface area contributed by atoms with Crippen molar-refractivity contribution < 1.29 is 4.74 Å². The standard InChI is InChI=1S/C9H15NO/c1-9-4-2-6-11-7-3-5-10-8-9/h3,5,8-9H,2,4,6-7H2,1H3/b5-3-,10-8?. The molecule has 0 spiro atoms. The second-order valence-corrected chi connectivity index (χ2v) is 2.88. The Labute approximate surface area is 68.0 Å². The Morgan fingerprint density at radius 1 is 1.55 bits per heavy atom. The molecule has 1 aliphatic rings. The molecule has 0 N–H and O–H groups in total. The van der Waals surface area contributed by atoms with E-state index in [0.717, 1.165) is 13.0 Å². The summed E-state index contributed by atoms with van der Waals surface area (Å²) in [6.07, 6.45) is 8.07. The summed E-state index contributed by atoms with van der Waals surface area (Å²) < 4.78 is 5.30. The molecule has 62 valence electrons. The number of hydrogen-bond acceptors (Lipinski definition) is 2. The maximum absolute atomic E-state index is 5.30. The van der Waals surface area contributed by atoms with Gasteiger partial charge in [-0.05, 0) is 24.8 Å². The van der Waals surface area contributed by atoms with Crippen LogP contribution in [-0.4, -0.2) is 19.4 Å². The van der Waals surface area contributed by atoms with Gasteiger partial charge in [0.2, 0.25) is 0 Å². The van der Waals surface area contributed by atoms with E-state index in [1.807, 2.05) is 18.5 Å². The highest BCUT2D eigenvalue weighted by Crippen LogP contribution is 2.03. The van der Waals surface area contributed by atoms with E-state index in [1.165, 1.54) is 6.42 Å². The molecular weight excluding hydrogens is 138 g/mol. The second kappa shape index (κ2) is 5.08. The lowest BCUT2D eigenvalue weighted by atomic mass is 10.1. The summed E-state index contributed by atoms with van der Waals surface area (Å²) in [6.45, 7) is 3.76. The van der Waals surface area contributed by atoms with Gasteiger partial charge in [-0.1, -0.05) is 6.92 Å². The fraction of sp³-hybridized carbons (Fsp3) is 0.667. The average molecular weight is 153 g/mol. The van der Waals surface area contributed by atoms with Crippen LogP contribution in [0.2, 0.25) is 0 Å². The minimum atomic E-state index is 0.585. The van der Waals surface area contributed by atoms with Crippen molar-refractivity contribution in [3.05, 3.63) is 12.3 Å². The molecule has 0 bridgehead atoms. The molecule has 1 unspecified atom stereocenters. The fourth-order valence-electron chi connectivity index (χ4n) is 1.03. The van der Waals surface area contributed by atoms with Crippen LogP contribution in [0.4, 0.5) is 0 Å². The first-order chi connectivity index (χ1) is 5.39. The van der Waals surface area contributed by atoms with Gasteiger partial charge in [0.15, 0.2) is 0 Å². The van der Waals surface area contributed by atoms with E-state index in [2.05, 4.69) is 11.9 Å². The Kier molecular flexibility index (Phi) is 3.91. The number of rotatable bonds is 0. The summed E-state index contributed by atoms with van der Waals surface area (Å²) >= 11 is 0. The van der Waals surface area contributed by atoms with E-state index in [9.17, 15) is 0 Å². The van der Waals surface area contributed by atoms with E-state index in [-0.39, 0.29) is 0 Å². The second-order valence-electron chi connectivity index (χ2n) is 2.88. The summed E-state index contributed by atoms with van der Waals surface area (Å²) in [5, 5.41) is 0. The van der Waals surface area contributed by atoms with Crippen molar-refractivity contribution in [1.29, 1.82) is 0 Å². The quantitative estimate of drug-likeness (QED) is 0.521. The number of hydrogen-bond donors (Lipinski definition) is 0. The molecule has 0 amide bonds. The Hall–Kier alpha value is -0.630. The average Bonchev–Trinajstić information content (AvgIpc) is 2.03. The molecule has 0 saturated carbocycles. The molecule has 1 heterocycles. The third-order valence-corrected chi connectivity index (χ3v) is 1.69. The van der Waals surface area contributed by atoms with Gasteiger partial charge in [-0.15, -0.1) is 0 Å². The van der Waals surface area contributed by atoms with Crippen molar-refractivity contribution in [2.75, 3.05) is 13.2 Å². The molecule has 1 rings (SSSR count). The smallest absolute Gasteiger partial charge is 0.0665 e. The number of ether oxygens (including phenoxy) is 1. The van der Waals surface area contributed by atoms with Crippen molar-refractivity contribution in [1.82, 2.24) is 0 Å². The number of aliphatic imine (C=N–C) groups is 1. The van der Waals surface area contributed by atoms with E-state index in [0.29, 0.717) is 12.5 Å². The maximum atomic E-state index is 5.30. The normalized spacial score (nSPS) is 29.7. The van der Waals surface area contributed by atoms with Gasteiger partial charge in [0.05, 0.1) is 6.61 Å². The topological polar surface area (TPSA) is 21.6 Å². The van der Waals surface area contributed by atoms with Crippen LogP contribution >= 0.6 is 0 Å². The zero-order valence-corrected chi connectivity index (χ0v) is 6.99. The first-order valence-electron chi connectivity index (χ1n) is 4.15. The molecule has 11 heavy (non-hydrogen) atoms. The van der Waals surface area contributed by atoms with E-state index < -0.39 is 0 Å². The molecule has 0 fully saturated rings. The minimum Gasteiger partial charge on any atom is -0.377 e. The van der Waals surface area contributed by atoms with E-state index >= 15 is 0 Å². The summed E-state index contributed by atoms with van der Waals surface area (Å²) in [5.74, 6) is 0.585. The summed E-state index contributed by atoms with van der Waals surface area (Å²) in [6, 6.07) is 0. The van der Waals surface area contributed by atoms with Gasteiger partial charge < -0.3 is 4.74 Å². The van der Waals surface area contributed by atoms with Crippen LogP contribution in [0.5, 0.6) is 0 Å². The Bertz CT molecular complexity index is 152. The molecule has 0 aromatic carbocycles. The predicted octanol–water partition coefficient (Wildman–Crippen LogP) is 2.02. The summed E-state index contributed by atoms with van der Waals surface area (Å²) in [5.41, 5.74) is 0. The molecule has 2 heteroatoms. The molecule has 0 saturated heterocycles. The molecule has 0 radical (unpaired) electrons. The molecule has 0 aromatic rings. The predicted molar refractivity (Wildman–Crippen MR) is 46.8 cm³/mol. The van der Waals surface area contributed by atoms with E-state index in [1.54, 1.807) is 0 Å². The van der Waals surface area contributed by atoms with Gasteiger partial charge in [0.1, 0.15) is 0 Å². The van der Waals surface area contributed by atoms with E-state index in [4.69, 9.17) is 4.74 Å². The van der Waals surface area contributed by atoms with Crippen molar-refractivity contribution in [3.63, 3.8) is 0 Å². The zero-order chi connectivity index (χ0) is 7.94. The molecular formula is C9H15NO. The highest BCUT2D eigenvalue weighted by atomic mass is 16.5. The van der Waals surface area contributed by atoms with Gasteiger partial charge >= 0.3 is 0 Å². The van der Waals surface area contributed by atoms with Crippen molar-refractivity contribution >= 4 is 6.21 Å². The van der Waals surface area contributed by atoms with Gasteiger partial charge in [-0.3, -0.25) is 4.99 Å². The van der Waals surface area contributed by atoms with Gasteiger partial charge in [0, 0.05) is 19.0 Å². The Morgan fingerprint density at radius 2 is 2.45 bits per heavy atom. The highest BCUT2D eigenvalue weighted by Gasteiger charge is 1.97. The Morgan fingerprint density at radius 3 is 3.36 bits per heavy atom. The molecule has 1 atom stereocenters. The van der Waals surface area contributed by atoms with Crippen LogP contribution in [0, 0.1) is 5.92 Å². The monoisotopic (exact) mass is 153 g/mol. The van der Waals surface area contributed by atoms with Crippen molar-refractivity contribution in [3.8, 4) is 0 Å². The van der Waals surface area contributed by atoms with Gasteiger partial charge in [-0.2, -0.15) is 0 Å². The van der Waals surface area contributed by atoms with Gasteiger partial charge in [-0.25, -0.2) is 0 Å². The third kappa shape index (κ3) is 3.94. The first-order valence-corrected chi connectivity index (χ1v) is 4.15. The third-order valence-electron chi connectivity index (χ3n) is 1.69. The maximum Gasteiger partial charge on any atom is 0.0665 e. The largest absolute Gasteiger partial charge is 0.377 e. The minimum absolute atomic E-state index is 0.585. The number of nitrogens with zero attached hydrogens (tertiary/aromatic N) is 1. The lowest BCUT2D eigenvalue weighted by Gasteiger charge is -2.06. The molecule has 2 nitrogen and oxygen atoms in total.